The van der Waals surface area contributed by atoms with E-state index in [1.54, 1.807) is 0 Å². The molecule has 0 radical (unpaired) electrons. The second-order valence-electron chi connectivity index (χ2n) is 11.5. The van der Waals surface area contributed by atoms with Gasteiger partial charge in [0.05, 0.1) is 17.5 Å². The Labute approximate surface area is 269 Å². The fourth-order valence-corrected chi connectivity index (χ4v) is 7.12. The van der Waals surface area contributed by atoms with E-state index in [1.165, 1.54) is 111 Å². The van der Waals surface area contributed by atoms with Gasteiger partial charge in [-0.2, -0.15) is 0 Å². The van der Waals surface area contributed by atoms with Crippen LogP contribution in [-0.2, 0) is 10.9 Å². The van der Waals surface area contributed by atoms with Gasteiger partial charge in [-0.3, -0.25) is 0 Å². The van der Waals surface area contributed by atoms with Gasteiger partial charge >= 0.3 is 33.0 Å². The van der Waals surface area contributed by atoms with Gasteiger partial charge in [0.15, 0.2) is 14.7 Å². The van der Waals surface area contributed by atoms with Crippen molar-refractivity contribution in [2.75, 3.05) is 6.61 Å². The number of hydrogen-bond donors (Lipinski definition) is 0. The average Bonchev–Trinajstić information content (AvgIpc) is 2.99. The molecule has 1 nitrogen and oxygen atoms in total. The molecule has 0 spiro atoms. The van der Waals surface area contributed by atoms with Crippen LogP contribution in [0.3, 0.4) is 0 Å². The van der Waals surface area contributed by atoms with E-state index in [1.807, 2.05) is 0 Å². The van der Waals surface area contributed by atoms with Crippen molar-refractivity contribution in [1.29, 1.82) is 0 Å². The Balaban J connectivity index is 0.000000900. The Bertz CT molecular complexity index is 1110. The minimum atomic E-state index is -10.7. The summed E-state index contributed by atoms with van der Waals surface area (Å²) in [6.07, 6.45) is 22.4. The number of benzene rings is 3. The molecule has 0 aliphatic rings. The van der Waals surface area contributed by atoms with E-state index in [0.29, 0.717) is 0 Å². The Hall–Kier alpha value is -2.18. The van der Waals surface area contributed by atoms with Crippen LogP contribution in [0.2, 0.25) is 0 Å². The first-order chi connectivity index (χ1) is 21.3. The van der Waals surface area contributed by atoms with Gasteiger partial charge in [0.2, 0.25) is 0 Å². The third-order valence-corrected chi connectivity index (χ3v) is 9.51. The predicted molar refractivity (Wildman–Crippen MR) is 180 cm³/mol. The van der Waals surface area contributed by atoms with Crippen molar-refractivity contribution in [2.45, 2.75) is 124 Å². The number of halogens is 6. The first kappa shape index (κ1) is 39.0. The number of unbranched alkanes of at least 4 members (excludes halogenated alkanes) is 15. The number of rotatable bonds is 21. The summed E-state index contributed by atoms with van der Waals surface area (Å²) in [5.41, 5.74) is 0. The van der Waals surface area contributed by atoms with E-state index >= 15 is 0 Å². The van der Waals surface area contributed by atoms with Gasteiger partial charge in [0.25, 0.3) is 0 Å². The molecule has 0 amide bonds. The molecule has 0 atom stereocenters. The second kappa shape index (κ2) is 19.5. The SMILES string of the molecule is CCCCCCCCCCCCCCCCCCOc1ccc([S+](c2ccccc2)c2ccccc2)cc1.F[P-](F)(F)(F)(F)F. The zero-order valence-electron chi connectivity index (χ0n) is 26.6. The quantitative estimate of drug-likeness (QED) is 0.0472. The molecule has 45 heavy (non-hydrogen) atoms. The summed E-state index contributed by atoms with van der Waals surface area (Å²) in [4.78, 5) is 4.03. The molecule has 0 saturated carbocycles. The Kier molecular flexibility index (Phi) is 16.9. The Morgan fingerprint density at radius 2 is 0.756 bits per heavy atom. The molecule has 0 saturated heterocycles. The molecule has 0 aliphatic heterocycles. The summed E-state index contributed by atoms with van der Waals surface area (Å²) in [5.74, 6) is 0.986. The Morgan fingerprint density at radius 1 is 0.444 bits per heavy atom. The average molecular weight is 677 g/mol. The zero-order valence-corrected chi connectivity index (χ0v) is 28.3. The summed E-state index contributed by atoms with van der Waals surface area (Å²) >= 11 is 0. The standard InChI is InChI=1S/C36H51OS.F6P/c1-2-3-4-5-6-7-8-9-10-11-12-13-14-15-16-23-32-37-33-28-30-36(31-29-33)38(34-24-19-17-20-25-34)35-26-21-18-22-27-35;1-7(2,3,4,5)6/h17-22,24-31H,2-16,23,32H2,1H3;/q+1;-1. The van der Waals surface area contributed by atoms with Crippen molar-refractivity contribution >= 4 is 18.7 Å². The van der Waals surface area contributed by atoms with E-state index in [9.17, 15) is 25.2 Å². The first-order valence-electron chi connectivity index (χ1n) is 16.5. The van der Waals surface area contributed by atoms with Crippen LogP contribution in [0.15, 0.2) is 99.6 Å². The zero-order chi connectivity index (χ0) is 32.9. The van der Waals surface area contributed by atoms with Gasteiger partial charge in [-0.1, -0.05) is 140 Å². The number of hydrogen-bond acceptors (Lipinski definition) is 1. The van der Waals surface area contributed by atoms with Crippen molar-refractivity contribution in [3.63, 3.8) is 0 Å². The van der Waals surface area contributed by atoms with Crippen molar-refractivity contribution < 1.29 is 29.9 Å². The van der Waals surface area contributed by atoms with Crippen LogP contribution < -0.4 is 4.74 Å². The van der Waals surface area contributed by atoms with Crippen molar-refractivity contribution in [1.82, 2.24) is 0 Å². The second-order valence-corrected chi connectivity index (χ2v) is 15.5. The van der Waals surface area contributed by atoms with Crippen LogP contribution in [0.5, 0.6) is 5.75 Å². The van der Waals surface area contributed by atoms with Crippen LogP contribution in [0, 0.1) is 0 Å². The summed E-state index contributed by atoms with van der Waals surface area (Å²) < 4.78 is 65.3. The molecule has 0 aromatic heterocycles. The van der Waals surface area contributed by atoms with Crippen molar-refractivity contribution in [3.8, 4) is 5.75 Å². The molecule has 3 aromatic rings. The van der Waals surface area contributed by atoms with Crippen LogP contribution in [0.1, 0.15) is 110 Å². The molecule has 9 heteroatoms. The Morgan fingerprint density at radius 3 is 1.11 bits per heavy atom. The molecular formula is C36H51F6OPS. The maximum absolute atomic E-state index is 10.7. The molecule has 0 unspecified atom stereocenters. The van der Waals surface area contributed by atoms with E-state index in [2.05, 4.69) is 91.9 Å². The summed E-state index contributed by atoms with van der Waals surface area (Å²) in [5, 5.41) is 0. The predicted octanol–water partition coefficient (Wildman–Crippen LogP) is 14.8. The van der Waals surface area contributed by atoms with Crippen LogP contribution in [0.25, 0.3) is 0 Å². The monoisotopic (exact) mass is 676 g/mol. The third kappa shape index (κ3) is 22.1. The molecule has 0 N–H and O–H groups in total. The van der Waals surface area contributed by atoms with E-state index in [-0.39, 0.29) is 10.9 Å². The first-order valence-corrected chi connectivity index (χ1v) is 19.7. The summed E-state index contributed by atoms with van der Waals surface area (Å²) in [6, 6.07) is 30.4. The molecule has 3 rings (SSSR count). The number of ether oxygens (including phenoxy) is 1. The fraction of sp³-hybridized carbons (Fsp3) is 0.500. The molecule has 254 valence electrons. The van der Waals surface area contributed by atoms with Gasteiger partial charge in [-0.05, 0) is 55.0 Å². The van der Waals surface area contributed by atoms with Crippen molar-refractivity contribution in [3.05, 3.63) is 84.9 Å². The topological polar surface area (TPSA) is 9.23 Å². The molecular weight excluding hydrogens is 625 g/mol. The summed E-state index contributed by atoms with van der Waals surface area (Å²) in [7, 11) is -10.8. The van der Waals surface area contributed by atoms with E-state index in [0.717, 1.165) is 18.8 Å². The normalized spacial score (nSPS) is 13.1. The van der Waals surface area contributed by atoms with Crippen LogP contribution in [0.4, 0.5) is 25.2 Å². The fourth-order valence-electron chi connectivity index (χ4n) is 5.03. The van der Waals surface area contributed by atoms with Gasteiger partial charge in [0.1, 0.15) is 5.75 Å². The van der Waals surface area contributed by atoms with E-state index < -0.39 is 7.81 Å². The summed E-state index contributed by atoms with van der Waals surface area (Å²) in [6.45, 7) is 3.12. The molecule has 0 bridgehead atoms. The molecule has 0 aliphatic carbocycles. The van der Waals surface area contributed by atoms with Gasteiger partial charge in [-0.25, -0.2) is 0 Å². The molecule has 0 heterocycles. The molecule has 3 aromatic carbocycles. The van der Waals surface area contributed by atoms with Crippen molar-refractivity contribution in [2.24, 2.45) is 0 Å². The van der Waals surface area contributed by atoms with Gasteiger partial charge in [-0.15, -0.1) is 0 Å². The molecule has 0 fully saturated rings. The van der Waals surface area contributed by atoms with E-state index in [4.69, 9.17) is 4.74 Å². The van der Waals surface area contributed by atoms with Gasteiger partial charge < -0.3 is 4.74 Å². The van der Waals surface area contributed by atoms with Crippen LogP contribution >= 0.6 is 7.81 Å². The third-order valence-electron chi connectivity index (χ3n) is 7.28. The van der Waals surface area contributed by atoms with Gasteiger partial charge in [0, 0.05) is 0 Å². The minimum absolute atomic E-state index is 0.0968. The van der Waals surface area contributed by atoms with Crippen LogP contribution in [-0.4, -0.2) is 6.61 Å². The maximum atomic E-state index is 9.87.